The fraction of sp³-hybridized carbons (Fsp3) is 0.333. The number of carboxylic acid groups (broad SMARTS) is 2. The Balaban J connectivity index is 0.000000232. The smallest absolute Gasteiger partial charge is 0.325 e. The van der Waals surface area contributed by atoms with Crippen LogP contribution in [0, 0.1) is 6.92 Å². The van der Waals surface area contributed by atoms with Crippen molar-refractivity contribution in [2.45, 2.75) is 43.7 Å². The molecule has 9 heteroatoms. The molecule has 0 aliphatic carbocycles. The average Bonchev–Trinajstić information content (AvgIpc) is 3.21. The highest BCUT2D eigenvalue weighted by atomic mass is 32.2. The lowest BCUT2D eigenvalue weighted by Crippen LogP contribution is -2.40. The van der Waals surface area contributed by atoms with Crippen LogP contribution in [0.25, 0.3) is 0 Å². The van der Waals surface area contributed by atoms with Crippen molar-refractivity contribution >= 4 is 27.6 Å². The van der Waals surface area contributed by atoms with Gasteiger partial charge in [-0.1, -0.05) is 35.9 Å². The van der Waals surface area contributed by atoms with Crippen LogP contribution in [0.15, 0.2) is 59.5 Å². The van der Waals surface area contributed by atoms with E-state index in [4.69, 9.17) is 10.2 Å². The Morgan fingerprint density at radius 2 is 1.67 bits per heavy atom. The van der Waals surface area contributed by atoms with E-state index in [2.05, 4.69) is 5.32 Å². The van der Waals surface area contributed by atoms with E-state index >= 15 is 0 Å². The Morgan fingerprint density at radius 3 is 2.20 bits per heavy atom. The molecule has 8 nitrogen and oxygen atoms in total. The summed E-state index contributed by atoms with van der Waals surface area (Å²) in [5, 5.41) is 20.5. The first-order chi connectivity index (χ1) is 14.1. The summed E-state index contributed by atoms with van der Waals surface area (Å²) >= 11 is 0. The van der Waals surface area contributed by atoms with E-state index in [1.165, 1.54) is 12.1 Å². The molecule has 3 N–H and O–H groups in total. The summed E-state index contributed by atoms with van der Waals surface area (Å²) < 4.78 is 25.7. The van der Waals surface area contributed by atoms with Gasteiger partial charge < -0.3 is 15.5 Å². The van der Waals surface area contributed by atoms with Gasteiger partial charge in [-0.2, -0.15) is 4.31 Å². The second-order valence-electron chi connectivity index (χ2n) is 7.00. The van der Waals surface area contributed by atoms with E-state index in [0.717, 1.165) is 15.6 Å². The Hall–Kier alpha value is -2.91. The van der Waals surface area contributed by atoms with Gasteiger partial charge in [0, 0.05) is 12.2 Å². The second-order valence-corrected chi connectivity index (χ2v) is 8.89. The monoisotopic (exact) mass is 434 g/mol. The molecular weight excluding hydrogens is 408 g/mol. The fourth-order valence-corrected chi connectivity index (χ4v) is 4.62. The van der Waals surface area contributed by atoms with Crippen molar-refractivity contribution < 1.29 is 28.2 Å². The molecule has 0 amide bonds. The van der Waals surface area contributed by atoms with Crippen LogP contribution in [0.4, 0.5) is 5.69 Å². The van der Waals surface area contributed by atoms with Crippen molar-refractivity contribution in [1.29, 1.82) is 0 Å². The summed E-state index contributed by atoms with van der Waals surface area (Å²) in [6.07, 6.45) is 0.961. The van der Waals surface area contributed by atoms with Gasteiger partial charge in [-0.3, -0.25) is 9.59 Å². The van der Waals surface area contributed by atoms with E-state index in [1.54, 1.807) is 19.1 Å². The first-order valence-electron chi connectivity index (χ1n) is 9.48. The molecule has 0 saturated carbocycles. The van der Waals surface area contributed by atoms with Gasteiger partial charge in [0.15, 0.2) is 0 Å². The third-order valence-corrected chi connectivity index (χ3v) is 6.57. The zero-order valence-corrected chi connectivity index (χ0v) is 17.7. The number of sulfonamides is 1. The van der Waals surface area contributed by atoms with Crippen LogP contribution in [-0.2, 0) is 19.6 Å². The summed E-state index contributed by atoms with van der Waals surface area (Å²) in [6.45, 7) is 3.74. The van der Waals surface area contributed by atoms with Crippen molar-refractivity contribution in [2.75, 3.05) is 11.9 Å². The third-order valence-electron chi connectivity index (χ3n) is 4.64. The van der Waals surface area contributed by atoms with Crippen molar-refractivity contribution in [1.82, 2.24) is 4.31 Å². The number of nitrogens with zero attached hydrogens (tertiary/aromatic N) is 1. The number of hydrogen-bond donors (Lipinski definition) is 3. The van der Waals surface area contributed by atoms with Gasteiger partial charge in [-0.05, 0) is 51.0 Å². The first kappa shape index (κ1) is 23.4. The molecule has 30 heavy (non-hydrogen) atoms. The number of carboxylic acids is 2. The van der Waals surface area contributed by atoms with Crippen LogP contribution in [0.2, 0.25) is 0 Å². The molecular formula is C21H26N2O6S. The largest absolute Gasteiger partial charge is 0.480 e. The molecule has 0 radical (unpaired) electrons. The van der Waals surface area contributed by atoms with Crippen molar-refractivity contribution in [3.63, 3.8) is 0 Å². The van der Waals surface area contributed by atoms with Crippen LogP contribution < -0.4 is 5.32 Å². The molecule has 1 fully saturated rings. The maximum Gasteiger partial charge on any atom is 0.325 e. The lowest BCUT2D eigenvalue weighted by Gasteiger charge is -2.20. The number of nitrogens with one attached hydrogen (secondary N) is 1. The van der Waals surface area contributed by atoms with E-state index in [-0.39, 0.29) is 11.4 Å². The SMILES string of the molecule is CC(Nc1ccccc1)C(=O)O.Cc1ccc(S(=O)(=O)N2CCC[C@H]2C(=O)O)cc1. The van der Waals surface area contributed by atoms with Crippen LogP contribution in [0.1, 0.15) is 25.3 Å². The third kappa shape index (κ3) is 6.04. The van der Waals surface area contributed by atoms with Crippen molar-refractivity contribution in [2.24, 2.45) is 0 Å². The van der Waals surface area contributed by atoms with E-state index in [9.17, 15) is 18.0 Å². The molecule has 3 rings (SSSR count). The van der Waals surface area contributed by atoms with Gasteiger partial charge in [0.05, 0.1) is 4.90 Å². The predicted molar refractivity (Wildman–Crippen MR) is 113 cm³/mol. The maximum atomic E-state index is 12.3. The minimum atomic E-state index is -3.70. The van der Waals surface area contributed by atoms with Gasteiger partial charge in [0.25, 0.3) is 0 Å². The summed E-state index contributed by atoms with van der Waals surface area (Å²) in [5.74, 6) is -1.93. The molecule has 1 unspecified atom stereocenters. The zero-order chi connectivity index (χ0) is 22.3. The minimum Gasteiger partial charge on any atom is -0.480 e. The molecule has 1 aliphatic rings. The maximum absolute atomic E-state index is 12.3. The van der Waals surface area contributed by atoms with E-state index in [0.29, 0.717) is 12.8 Å². The lowest BCUT2D eigenvalue weighted by atomic mass is 10.2. The topological polar surface area (TPSA) is 124 Å². The normalized spacial score (nSPS) is 17.5. The van der Waals surface area contributed by atoms with E-state index < -0.39 is 34.0 Å². The van der Waals surface area contributed by atoms with Crippen LogP contribution in [0.5, 0.6) is 0 Å². The number of aryl methyl sites for hydroxylation is 1. The predicted octanol–water partition coefficient (Wildman–Crippen LogP) is 2.80. The Kier molecular flexibility index (Phi) is 7.96. The van der Waals surface area contributed by atoms with E-state index in [1.807, 2.05) is 37.3 Å². The summed E-state index contributed by atoms with van der Waals surface area (Å²) in [6, 6.07) is 14.2. The number of rotatable bonds is 6. The molecule has 1 heterocycles. The highest BCUT2D eigenvalue weighted by Gasteiger charge is 2.39. The van der Waals surface area contributed by atoms with Crippen molar-refractivity contribution in [3.8, 4) is 0 Å². The van der Waals surface area contributed by atoms with Gasteiger partial charge >= 0.3 is 11.9 Å². The van der Waals surface area contributed by atoms with Gasteiger partial charge in [-0.25, -0.2) is 8.42 Å². The lowest BCUT2D eigenvalue weighted by molar-refractivity contribution is -0.140. The fourth-order valence-electron chi connectivity index (χ4n) is 2.97. The van der Waals surface area contributed by atoms with Gasteiger partial charge in [0.1, 0.15) is 12.1 Å². The Labute approximate surface area is 176 Å². The molecule has 0 aromatic heterocycles. The Bertz CT molecular complexity index is 961. The number of carbonyl (C=O) groups is 2. The van der Waals surface area contributed by atoms with Crippen molar-refractivity contribution in [3.05, 3.63) is 60.2 Å². The average molecular weight is 435 g/mol. The number of anilines is 1. The summed E-state index contributed by atoms with van der Waals surface area (Å²) in [5.41, 5.74) is 1.79. The quantitative estimate of drug-likeness (QED) is 0.638. The molecule has 1 saturated heterocycles. The first-order valence-corrected chi connectivity index (χ1v) is 10.9. The van der Waals surface area contributed by atoms with Gasteiger partial charge in [0.2, 0.25) is 10.0 Å². The molecule has 2 aromatic carbocycles. The molecule has 2 atom stereocenters. The number of hydrogen-bond acceptors (Lipinski definition) is 5. The zero-order valence-electron chi connectivity index (χ0n) is 16.9. The standard InChI is InChI=1S/C12H15NO4S.C9H11NO2/c1-9-4-6-10(7-5-9)18(16,17)13-8-2-3-11(13)12(14)15;1-7(9(11)12)10-8-5-3-2-4-6-8/h4-7,11H,2-3,8H2,1H3,(H,14,15);2-7,10H,1H3,(H,11,12)/t11-;/m0./s1. The van der Waals surface area contributed by atoms with Crippen LogP contribution in [-0.4, -0.2) is 53.5 Å². The van der Waals surface area contributed by atoms with Crippen LogP contribution >= 0.6 is 0 Å². The minimum absolute atomic E-state index is 0.154. The highest BCUT2D eigenvalue weighted by Crippen LogP contribution is 2.26. The molecule has 0 spiro atoms. The number of aliphatic carboxylic acids is 2. The summed E-state index contributed by atoms with van der Waals surface area (Å²) in [4.78, 5) is 21.6. The second kappa shape index (κ2) is 10.2. The van der Waals surface area contributed by atoms with Crippen LogP contribution in [0.3, 0.4) is 0 Å². The molecule has 162 valence electrons. The number of para-hydroxylation sites is 1. The molecule has 2 aromatic rings. The summed E-state index contributed by atoms with van der Waals surface area (Å²) in [7, 11) is -3.70. The molecule has 0 bridgehead atoms. The number of benzene rings is 2. The Morgan fingerprint density at radius 1 is 1.07 bits per heavy atom. The molecule has 1 aliphatic heterocycles. The highest BCUT2D eigenvalue weighted by molar-refractivity contribution is 7.89. The van der Waals surface area contributed by atoms with Gasteiger partial charge in [-0.15, -0.1) is 0 Å².